The molecular weight excluding hydrogens is 358 g/mol. The third-order valence-electron chi connectivity index (χ3n) is 4.71. The smallest absolute Gasteiger partial charge is 0.356 e. The van der Waals surface area contributed by atoms with Crippen molar-refractivity contribution < 1.29 is 18.7 Å². The lowest BCUT2D eigenvalue weighted by molar-refractivity contribution is 0.0594. The molecule has 1 aromatic carbocycles. The van der Waals surface area contributed by atoms with Gasteiger partial charge in [0.05, 0.1) is 23.9 Å². The zero-order chi connectivity index (χ0) is 20.0. The molecule has 7 nitrogen and oxygen atoms in total. The third-order valence-corrected chi connectivity index (χ3v) is 4.71. The van der Waals surface area contributed by atoms with Gasteiger partial charge in [-0.2, -0.15) is 0 Å². The molecule has 0 saturated heterocycles. The summed E-state index contributed by atoms with van der Waals surface area (Å²) in [4.78, 5) is 32.1. The molecule has 1 amide bonds. The number of nitrogens with zero attached hydrogens (tertiary/aromatic N) is 1. The van der Waals surface area contributed by atoms with Gasteiger partial charge in [-0.1, -0.05) is 0 Å². The lowest BCUT2D eigenvalue weighted by Gasteiger charge is -2.05. The van der Waals surface area contributed by atoms with Crippen molar-refractivity contribution in [3.05, 3.63) is 58.8 Å². The van der Waals surface area contributed by atoms with Gasteiger partial charge in [-0.05, 0) is 51.1 Å². The summed E-state index contributed by atoms with van der Waals surface area (Å²) in [6.07, 6.45) is 0. The first-order valence-corrected chi connectivity index (χ1v) is 8.77. The molecule has 0 aliphatic carbocycles. The van der Waals surface area contributed by atoms with E-state index < -0.39 is 5.97 Å². The summed E-state index contributed by atoms with van der Waals surface area (Å²) < 4.78 is 10.2. The third kappa shape index (κ3) is 2.90. The van der Waals surface area contributed by atoms with Crippen LogP contribution in [0.2, 0.25) is 0 Å². The highest BCUT2D eigenvalue weighted by molar-refractivity contribution is 6.12. The van der Waals surface area contributed by atoms with Crippen molar-refractivity contribution in [2.75, 3.05) is 12.4 Å². The summed E-state index contributed by atoms with van der Waals surface area (Å²) in [7, 11) is 1.33. The van der Waals surface area contributed by atoms with Crippen LogP contribution in [0.5, 0.6) is 0 Å². The molecule has 0 aliphatic rings. The Balaban J connectivity index is 1.78. The molecule has 0 radical (unpaired) electrons. The molecule has 0 atom stereocenters. The van der Waals surface area contributed by atoms with Gasteiger partial charge < -0.3 is 19.5 Å². The van der Waals surface area contributed by atoms with Crippen LogP contribution in [0, 0.1) is 20.8 Å². The fraction of sp³-hybridized carbons (Fsp3) is 0.190. The second-order valence-electron chi connectivity index (χ2n) is 6.67. The number of aryl methyl sites for hydroxylation is 3. The molecule has 142 valence electrons. The van der Waals surface area contributed by atoms with Gasteiger partial charge in [-0.25, -0.2) is 9.78 Å². The van der Waals surface area contributed by atoms with Crippen LogP contribution < -0.4 is 5.32 Å². The normalized spacial score (nSPS) is 11.1. The van der Waals surface area contributed by atoms with Gasteiger partial charge in [0.2, 0.25) is 0 Å². The van der Waals surface area contributed by atoms with E-state index in [9.17, 15) is 9.59 Å². The maximum atomic E-state index is 12.6. The zero-order valence-electron chi connectivity index (χ0n) is 16.0. The first-order valence-electron chi connectivity index (χ1n) is 8.77. The number of amides is 1. The Hall–Kier alpha value is -3.61. The molecule has 7 heteroatoms. The fourth-order valence-corrected chi connectivity index (χ4v) is 3.40. The number of ether oxygens (including phenoxy) is 1. The number of aromatic nitrogens is 2. The SMILES string of the molecule is COC(=O)c1cc2c([nH]c3ccc(NC(=O)c4cc(C)oc4C)cc32)c(C)n1. The van der Waals surface area contributed by atoms with Crippen LogP contribution in [0.15, 0.2) is 34.7 Å². The fourth-order valence-electron chi connectivity index (χ4n) is 3.40. The molecule has 0 bridgehead atoms. The van der Waals surface area contributed by atoms with E-state index in [-0.39, 0.29) is 11.6 Å². The Kier molecular flexibility index (Phi) is 4.15. The number of fused-ring (bicyclic) bond motifs is 3. The number of hydrogen-bond acceptors (Lipinski definition) is 5. The Morgan fingerprint density at radius 2 is 1.89 bits per heavy atom. The molecule has 0 saturated carbocycles. The first-order chi connectivity index (χ1) is 13.4. The van der Waals surface area contributed by atoms with E-state index >= 15 is 0 Å². The number of hydrogen-bond donors (Lipinski definition) is 2. The Labute approximate surface area is 160 Å². The average molecular weight is 377 g/mol. The summed E-state index contributed by atoms with van der Waals surface area (Å²) in [6, 6.07) is 8.99. The molecule has 4 rings (SSSR count). The molecule has 3 heterocycles. The first kappa shape index (κ1) is 17.8. The zero-order valence-corrected chi connectivity index (χ0v) is 16.0. The monoisotopic (exact) mass is 377 g/mol. The highest BCUT2D eigenvalue weighted by atomic mass is 16.5. The Morgan fingerprint density at radius 1 is 1.11 bits per heavy atom. The highest BCUT2D eigenvalue weighted by Crippen LogP contribution is 2.30. The summed E-state index contributed by atoms with van der Waals surface area (Å²) in [5, 5.41) is 4.62. The minimum atomic E-state index is -0.491. The van der Waals surface area contributed by atoms with Gasteiger partial charge >= 0.3 is 5.97 Å². The molecular formula is C21H19N3O4. The van der Waals surface area contributed by atoms with Crippen LogP contribution in [-0.4, -0.2) is 29.0 Å². The van der Waals surface area contributed by atoms with E-state index in [1.54, 1.807) is 26.0 Å². The van der Waals surface area contributed by atoms with Gasteiger partial charge in [0, 0.05) is 22.0 Å². The summed E-state index contributed by atoms with van der Waals surface area (Å²) in [5.74, 6) is 0.539. The van der Waals surface area contributed by atoms with Crippen LogP contribution in [0.4, 0.5) is 5.69 Å². The van der Waals surface area contributed by atoms with Gasteiger partial charge in [-0.15, -0.1) is 0 Å². The van der Waals surface area contributed by atoms with Crippen molar-refractivity contribution in [1.82, 2.24) is 9.97 Å². The lowest BCUT2D eigenvalue weighted by atomic mass is 10.1. The van der Waals surface area contributed by atoms with Gasteiger partial charge in [-0.3, -0.25) is 4.79 Å². The molecule has 4 aromatic rings. The maximum absolute atomic E-state index is 12.6. The summed E-state index contributed by atoms with van der Waals surface area (Å²) in [5.41, 5.74) is 3.81. The number of rotatable bonds is 3. The van der Waals surface area contributed by atoms with Crippen molar-refractivity contribution in [3.8, 4) is 0 Å². The number of benzene rings is 1. The van der Waals surface area contributed by atoms with Crippen LogP contribution >= 0.6 is 0 Å². The molecule has 3 aromatic heterocycles. The van der Waals surface area contributed by atoms with Gasteiger partial charge in [0.25, 0.3) is 5.91 Å². The number of furan rings is 1. The summed E-state index contributed by atoms with van der Waals surface area (Å²) >= 11 is 0. The molecule has 0 aliphatic heterocycles. The van der Waals surface area contributed by atoms with Crippen molar-refractivity contribution >= 4 is 39.4 Å². The molecule has 0 unspecified atom stereocenters. The van der Waals surface area contributed by atoms with Crippen LogP contribution in [0.25, 0.3) is 21.8 Å². The van der Waals surface area contributed by atoms with E-state index in [1.807, 2.05) is 25.1 Å². The van der Waals surface area contributed by atoms with Gasteiger partial charge in [0.1, 0.15) is 17.2 Å². The minimum absolute atomic E-state index is 0.235. The molecule has 0 spiro atoms. The number of nitrogens with one attached hydrogen (secondary N) is 2. The van der Waals surface area contributed by atoms with E-state index in [2.05, 4.69) is 15.3 Å². The number of esters is 1. The second-order valence-corrected chi connectivity index (χ2v) is 6.67. The molecule has 0 fully saturated rings. The highest BCUT2D eigenvalue weighted by Gasteiger charge is 2.16. The van der Waals surface area contributed by atoms with Crippen LogP contribution in [0.1, 0.15) is 38.1 Å². The number of anilines is 1. The van der Waals surface area contributed by atoms with Gasteiger partial charge in [0.15, 0.2) is 0 Å². The molecule has 2 N–H and O–H groups in total. The number of H-pyrrole nitrogens is 1. The van der Waals surface area contributed by atoms with Crippen LogP contribution in [0.3, 0.4) is 0 Å². The largest absolute Gasteiger partial charge is 0.466 e. The number of aromatic amines is 1. The molecule has 28 heavy (non-hydrogen) atoms. The lowest BCUT2D eigenvalue weighted by Crippen LogP contribution is -2.11. The number of carbonyl (C=O) groups is 2. The summed E-state index contributed by atoms with van der Waals surface area (Å²) in [6.45, 7) is 5.39. The Bertz CT molecular complexity index is 1250. The van der Waals surface area contributed by atoms with Crippen molar-refractivity contribution in [2.45, 2.75) is 20.8 Å². The predicted molar refractivity (Wildman–Crippen MR) is 106 cm³/mol. The second kappa shape index (κ2) is 6.53. The number of pyridine rings is 1. The van der Waals surface area contributed by atoms with E-state index in [4.69, 9.17) is 9.15 Å². The van der Waals surface area contributed by atoms with E-state index in [0.29, 0.717) is 28.5 Å². The van der Waals surface area contributed by atoms with Crippen molar-refractivity contribution in [2.24, 2.45) is 0 Å². The van der Waals surface area contributed by atoms with E-state index in [0.717, 1.165) is 21.8 Å². The average Bonchev–Trinajstić information content (AvgIpc) is 3.20. The topological polar surface area (TPSA) is 97.2 Å². The standard InChI is InChI=1S/C21H19N3O4/c1-10-7-14(12(3)28-10)20(25)23-13-5-6-17-15(8-13)16-9-18(21(26)27-4)22-11(2)19(16)24-17/h5-9,24H,1-4H3,(H,23,25). The number of methoxy groups -OCH3 is 1. The van der Waals surface area contributed by atoms with Crippen molar-refractivity contribution in [1.29, 1.82) is 0 Å². The maximum Gasteiger partial charge on any atom is 0.356 e. The predicted octanol–water partition coefficient (Wildman–Crippen LogP) is 4.27. The number of carbonyl (C=O) groups excluding carboxylic acids is 2. The van der Waals surface area contributed by atoms with E-state index in [1.165, 1.54) is 7.11 Å². The Morgan fingerprint density at radius 3 is 2.57 bits per heavy atom. The van der Waals surface area contributed by atoms with Crippen molar-refractivity contribution in [3.63, 3.8) is 0 Å². The minimum Gasteiger partial charge on any atom is -0.466 e. The van der Waals surface area contributed by atoms with Crippen LogP contribution in [-0.2, 0) is 4.74 Å². The quantitative estimate of drug-likeness (QED) is 0.520.